The summed E-state index contributed by atoms with van der Waals surface area (Å²) >= 11 is 0. The molecule has 8 unspecified atom stereocenters. The number of ether oxygens (including phenoxy) is 3. The average molecular weight is 657 g/mol. The zero-order chi connectivity index (χ0) is 33.1. The molecule has 1 aliphatic heterocycles. The number of fused-ring (bicyclic) bond motifs is 3. The van der Waals surface area contributed by atoms with Gasteiger partial charge in [0.25, 0.3) is 0 Å². The van der Waals surface area contributed by atoms with Gasteiger partial charge in [0.2, 0.25) is 0 Å². The molecule has 0 aromatic carbocycles. The van der Waals surface area contributed by atoms with Gasteiger partial charge in [0.05, 0.1) is 11.2 Å². The van der Waals surface area contributed by atoms with E-state index in [1.807, 2.05) is 0 Å². The summed E-state index contributed by atoms with van der Waals surface area (Å²) in [5, 5.41) is 1.11. The lowest BCUT2D eigenvalue weighted by atomic mass is 9.56. The zero-order valence-corrected chi connectivity index (χ0v) is 28.6. The van der Waals surface area contributed by atoms with E-state index in [1.54, 1.807) is 13.8 Å². The van der Waals surface area contributed by atoms with Gasteiger partial charge >= 0.3 is 17.9 Å². The molecule has 8 bridgehead atoms. The quantitative estimate of drug-likeness (QED) is 0.173. The zero-order valence-electron chi connectivity index (χ0n) is 27.8. The summed E-state index contributed by atoms with van der Waals surface area (Å²) in [6.07, 6.45) is 13.2. The van der Waals surface area contributed by atoms with Crippen LogP contribution in [-0.2, 0) is 38.4 Å². The molecular weight excluding hydrogens is 604 g/mol. The number of sulfone groups is 1. The van der Waals surface area contributed by atoms with Crippen molar-refractivity contribution in [2.75, 3.05) is 0 Å². The number of carbonyl (C=O) groups excluding carboxylic acids is 3. The van der Waals surface area contributed by atoms with Gasteiger partial charge in [0.1, 0.15) is 17.8 Å². The Kier molecular flexibility index (Phi) is 9.14. The standard InChI is InChI=1S/C13H20O2.C12H14O4.C12H18O2S/c1-4-13(15-12(14)9(2)3)8-10-5-6-11(13)7-10;1-5(2)11(13)15-9-6-3-7-8(4-6)12(14)16-10(7)9;1-2-15(13,14)12-10-4-8-3-9(6-10)7-11(12)5-8/h10-11H,2,4-8H2,1,3H3;6-10H,1,3-4H2,2H3;2,8-12H,1,3-7H2. The summed E-state index contributed by atoms with van der Waals surface area (Å²) in [4.78, 5) is 34.6. The molecule has 0 aromatic rings. The van der Waals surface area contributed by atoms with Crippen LogP contribution >= 0.6 is 0 Å². The normalized spacial score (nSPS) is 43.2. The first-order valence-corrected chi connectivity index (χ1v) is 19.2. The predicted molar refractivity (Wildman–Crippen MR) is 174 cm³/mol. The number of esters is 3. The Morgan fingerprint density at radius 2 is 1.52 bits per heavy atom. The molecule has 8 saturated carbocycles. The minimum Gasteiger partial charge on any atom is -0.458 e. The molecule has 254 valence electrons. The Morgan fingerprint density at radius 1 is 0.891 bits per heavy atom. The fraction of sp³-hybridized carbons (Fsp3) is 0.757. The molecule has 0 spiro atoms. The van der Waals surface area contributed by atoms with Crippen LogP contribution in [0.1, 0.15) is 97.8 Å². The molecule has 0 amide bonds. The lowest BCUT2D eigenvalue weighted by molar-refractivity contribution is -0.161. The Labute approximate surface area is 274 Å². The molecule has 8 atom stereocenters. The van der Waals surface area contributed by atoms with Crippen molar-refractivity contribution in [2.45, 2.75) is 121 Å². The predicted octanol–water partition coefficient (Wildman–Crippen LogP) is 6.50. The van der Waals surface area contributed by atoms with Crippen LogP contribution in [0.15, 0.2) is 36.3 Å². The van der Waals surface area contributed by atoms with E-state index in [-0.39, 0.29) is 52.8 Å². The van der Waals surface area contributed by atoms with E-state index in [9.17, 15) is 22.8 Å². The smallest absolute Gasteiger partial charge is 0.333 e. The summed E-state index contributed by atoms with van der Waals surface area (Å²) in [6.45, 7) is 16.2. The van der Waals surface area contributed by atoms with Crippen LogP contribution in [0, 0.1) is 53.3 Å². The van der Waals surface area contributed by atoms with E-state index in [0.29, 0.717) is 34.8 Å². The van der Waals surface area contributed by atoms with E-state index in [1.165, 1.54) is 31.1 Å². The first-order chi connectivity index (χ1) is 21.7. The SMILES string of the molecule is C=C(C)C(=O)OC1(CC)CC2CCC1C2.C=C(C)C(=O)OC1C2CC3C(=O)OC1C3C2.C=CS(=O)(=O)C1C2CC3CC(C2)CC1C3. The second-order valence-electron chi connectivity index (χ2n) is 15.9. The van der Waals surface area contributed by atoms with Crippen LogP contribution < -0.4 is 0 Å². The van der Waals surface area contributed by atoms with Crippen molar-refractivity contribution in [3.63, 3.8) is 0 Å². The molecule has 9 aliphatic rings. The number of hydrogen-bond donors (Lipinski definition) is 0. The molecule has 1 saturated heterocycles. The van der Waals surface area contributed by atoms with E-state index in [0.717, 1.165) is 69.1 Å². The summed E-state index contributed by atoms with van der Waals surface area (Å²) in [5.41, 5.74) is 0.758. The van der Waals surface area contributed by atoms with Gasteiger partial charge in [-0.2, -0.15) is 0 Å². The molecule has 8 aliphatic carbocycles. The Balaban J connectivity index is 0.000000121. The van der Waals surface area contributed by atoms with Crippen LogP contribution in [0.2, 0.25) is 0 Å². The van der Waals surface area contributed by atoms with E-state index >= 15 is 0 Å². The van der Waals surface area contributed by atoms with E-state index in [4.69, 9.17) is 14.2 Å². The second kappa shape index (κ2) is 12.6. The van der Waals surface area contributed by atoms with Crippen LogP contribution in [0.3, 0.4) is 0 Å². The molecule has 8 nitrogen and oxygen atoms in total. The first-order valence-electron chi connectivity index (χ1n) is 17.6. The first kappa shape index (κ1) is 33.5. The minimum atomic E-state index is -3.02. The highest BCUT2D eigenvalue weighted by Gasteiger charge is 2.63. The van der Waals surface area contributed by atoms with Crippen LogP contribution in [0.4, 0.5) is 0 Å². The molecule has 0 N–H and O–H groups in total. The Morgan fingerprint density at radius 3 is 2.02 bits per heavy atom. The molecule has 9 heteroatoms. The van der Waals surface area contributed by atoms with E-state index < -0.39 is 9.84 Å². The maximum atomic E-state index is 12.0. The van der Waals surface area contributed by atoms with Crippen LogP contribution in [0.25, 0.3) is 0 Å². The van der Waals surface area contributed by atoms with Gasteiger partial charge < -0.3 is 14.2 Å². The fourth-order valence-electron chi connectivity index (χ4n) is 11.1. The van der Waals surface area contributed by atoms with Crippen molar-refractivity contribution in [3.05, 3.63) is 36.3 Å². The summed E-state index contributed by atoms with van der Waals surface area (Å²) < 4.78 is 40.3. The molecule has 9 rings (SSSR count). The topological polar surface area (TPSA) is 113 Å². The van der Waals surface area contributed by atoms with Crippen molar-refractivity contribution in [1.82, 2.24) is 0 Å². The maximum Gasteiger partial charge on any atom is 0.333 e. The molecule has 9 fully saturated rings. The van der Waals surface area contributed by atoms with E-state index in [2.05, 4.69) is 26.7 Å². The monoisotopic (exact) mass is 656 g/mol. The number of hydrogen-bond acceptors (Lipinski definition) is 8. The van der Waals surface area contributed by atoms with Crippen molar-refractivity contribution >= 4 is 27.7 Å². The van der Waals surface area contributed by atoms with Gasteiger partial charge in [-0.3, -0.25) is 4.79 Å². The van der Waals surface area contributed by atoms with Gasteiger partial charge in [-0.15, -0.1) is 0 Å². The third-order valence-corrected chi connectivity index (χ3v) is 14.9. The van der Waals surface area contributed by atoms with Crippen molar-refractivity contribution < 1.29 is 37.0 Å². The minimum absolute atomic E-state index is 0.0646. The van der Waals surface area contributed by atoms with Crippen molar-refractivity contribution in [1.29, 1.82) is 0 Å². The third kappa shape index (κ3) is 6.03. The average Bonchev–Trinajstić information content (AvgIpc) is 3.81. The summed E-state index contributed by atoms with van der Waals surface area (Å²) in [7, 11) is -3.02. The van der Waals surface area contributed by atoms with Gasteiger partial charge in [-0.25, -0.2) is 18.0 Å². The summed E-state index contributed by atoms with van der Waals surface area (Å²) in [5.74, 6) is 3.93. The largest absolute Gasteiger partial charge is 0.458 e. The maximum absolute atomic E-state index is 12.0. The Bertz CT molecular complexity index is 1370. The van der Waals surface area contributed by atoms with Crippen LogP contribution in [0.5, 0.6) is 0 Å². The molecule has 1 heterocycles. The molecule has 0 radical (unpaired) electrons. The highest BCUT2D eigenvalue weighted by Crippen LogP contribution is 2.57. The third-order valence-electron chi connectivity index (χ3n) is 12.9. The van der Waals surface area contributed by atoms with Crippen molar-refractivity contribution in [3.8, 4) is 0 Å². The fourth-order valence-corrected chi connectivity index (χ4v) is 12.8. The number of rotatable bonds is 7. The molecular formula is C37H52O8S. The molecule has 46 heavy (non-hydrogen) atoms. The van der Waals surface area contributed by atoms with Gasteiger partial charge in [0, 0.05) is 28.4 Å². The highest BCUT2D eigenvalue weighted by atomic mass is 32.2. The number of carbonyl (C=O) groups is 3. The van der Waals surface area contributed by atoms with Gasteiger partial charge in [0.15, 0.2) is 9.84 Å². The highest BCUT2D eigenvalue weighted by molar-refractivity contribution is 7.94. The molecule has 0 aromatic heterocycles. The lowest BCUT2D eigenvalue weighted by Crippen LogP contribution is -2.51. The van der Waals surface area contributed by atoms with Crippen LogP contribution in [-0.4, -0.2) is 49.4 Å². The Hall–Kier alpha value is -2.42. The van der Waals surface area contributed by atoms with Gasteiger partial charge in [-0.1, -0.05) is 26.7 Å². The lowest BCUT2D eigenvalue weighted by Gasteiger charge is -2.53. The summed E-state index contributed by atoms with van der Waals surface area (Å²) in [6, 6.07) is 0. The van der Waals surface area contributed by atoms with Gasteiger partial charge in [-0.05, 0) is 126 Å². The second-order valence-corrected chi connectivity index (χ2v) is 17.9. The van der Waals surface area contributed by atoms with Crippen molar-refractivity contribution in [2.24, 2.45) is 53.3 Å².